The monoisotopic (exact) mass is 410 g/mol. The Bertz CT molecular complexity index is 797. The minimum absolute atomic E-state index is 0.0511. The number of carbonyl (C=O) groups excluding carboxylic acids is 1. The number of amides is 1. The molecule has 2 aromatic rings. The number of pyridine rings is 1. The second-order valence-corrected chi connectivity index (χ2v) is 6.98. The number of benzene rings is 1. The molecule has 0 radical (unpaired) electrons. The number of aromatic nitrogens is 1. The second-order valence-electron chi connectivity index (χ2n) is 6.98. The van der Waals surface area contributed by atoms with Crippen molar-refractivity contribution in [3.63, 3.8) is 0 Å². The van der Waals surface area contributed by atoms with Crippen LogP contribution in [-0.4, -0.2) is 35.1 Å². The average molecular weight is 410 g/mol. The van der Waals surface area contributed by atoms with Crippen LogP contribution in [0.4, 0.5) is 17.6 Å². The Kier molecular flexibility index (Phi) is 6.84. The van der Waals surface area contributed by atoms with E-state index in [0.717, 1.165) is 0 Å². The molecule has 2 atom stereocenters. The molecule has 1 fully saturated rings. The fourth-order valence-electron chi connectivity index (χ4n) is 3.54. The molecule has 1 aromatic heterocycles. The number of hydrogen-bond acceptors (Lipinski definition) is 3. The van der Waals surface area contributed by atoms with Crippen LogP contribution in [0.1, 0.15) is 49.0 Å². The van der Waals surface area contributed by atoms with Gasteiger partial charge in [0.05, 0.1) is 6.04 Å². The fourth-order valence-corrected chi connectivity index (χ4v) is 3.54. The quantitative estimate of drug-likeness (QED) is 0.455. The summed E-state index contributed by atoms with van der Waals surface area (Å²) in [6, 6.07) is 8.59. The van der Waals surface area contributed by atoms with E-state index in [1.807, 2.05) is 0 Å². The number of nitrogens with zero attached hydrogens (tertiary/aromatic N) is 2. The molecular weight excluding hydrogens is 388 g/mol. The van der Waals surface area contributed by atoms with Crippen LogP contribution in [-0.2, 0) is 9.53 Å². The van der Waals surface area contributed by atoms with Gasteiger partial charge in [-0.1, -0.05) is 18.2 Å². The lowest BCUT2D eigenvalue weighted by molar-refractivity contribution is -0.141. The van der Waals surface area contributed by atoms with Crippen molar-refractivity contribution in [1.82, 2.24) is 9.88 Å². The van der Waals surface area contributed by atoms with Crippen molar-refractivity contribution in [2.75, 3.05) is 13.2 Å². The van der Waals surface area contributed by atoms with Gasteiger partial charge in [0, 0.05) is 38.4 Å². The SMILES string of the molecule is O=C1CCCN1C(c1cccnc1)[C@@H](OCCCC(F)(F)F)c1ccc(F)cc1. The van der Waals surface area contributed by atoms with Gasteiger partial charge in [0.15, 0.2) is 0 Å². The van der Waals surface area contributed by atoms with Crippen LogP contribution >= 0.6 is 0 Å². The molecule has 3 rings (SSSR count). The number of hydrogen-bond donors (Lipinski definition) is 0. The maximum Gasteiger partial charge on any atom is 0.389 e. The Balaban J connectivity index is 1.91. The summed E-state index contributed by atoms with van der Waals surface area (Å²) in [6.45, 7) is 0.377. The van der Waals surface area contributed by atoms with E-state index in [2.05, 4.69) is 4.98 Å². The lowest BCUT2D eigenvalue weighted by atomic mass is 9.95. The summed E-state index contributed by atoms with van der Waals surface area (Å²) in [4.78, 5) is 18.3. The van der Waals surface area contributed by atoms with Crippen molar-refractivity contribution in [1.29, 1.82) is 0 Å². The minimum Gasteiger partial charge on any atom is -0.371 e. The van der Waals surface area contributed by atoms with Crippen LogP contribution in [0.5, 0.6) is 0 Å². The third-order valence-corrected chi connectivity index (χ3v) is 4.86. The van der Waals surface area contributed by atoms with Crippen LogP contribution in [0.15, 0.2) is 48.8 Å². The van der Waals surface area contributed by atoms with Crippen molar-refractivity contribution in [3.8, 4) is 0 Å². The smallest absolute Gasteiger partial charge is 0.371 e. The second kappa shape index (κ2) is 9.35. The number of ether oxygens (including phenoxy) is 1. The van der Waals surface area contributed by atoms with Crippen LogP contribution in [0.3, 0.4) is 0 Å². The molecule has 0 saturated carbocycles. The molecule has 4 nitrogen and oxygen atoms in total. The summed E-state index contributed by atoms with van der Waals surface area (Å²) < 4.78 is 56.9. The summed E-state index contributed by atoms with van der Waals surface area (Å²) in [5, 5.41) is 0. The van der Waals surface area contributed by atoms with Gasteiger partial charge in [-0.15, -0.1) is 0 Å². The largest absolute Gasteiger partial charge is 0.389 e. The zero-order valence-corrected chi connectivity index (χ0v) is 15.7. The molecule has 1 aliphatic rings. The maximum absolute atomic E-state index is 13.4. The number of halogens is 4. The number of alkyl halides is 3. The highest BCUT2D eigenvalue weighted by molar-refractivity contribution is 5.78. The van der Waals surface area contributed by atoms with E-state index in [4.69, 9.17) is 4.74 Å². The van der Waals surface area contributed by atoms with E-state index in [0.29, 0.717) is 30.5 Å². The summed E-state index contributed by atoms with van der Waals surface area (Å²) in [5.41, 5.74) is 1.31. The minimum atomic E-state index is -4.26. The van der Waals surface area contributed by atoms with Crippen LogP contribution in [0.2, 0.25) is 0 Å². The van der Waals surface area contributed by atoms with Crippen molar-refractivity contribution in [3.05, 3.63) is 65.7 Å². The van der Waals surface area contributed by atoms with Crippen LogP contribution in [0.25, 0.3) is 0 Å². The van der Waals surface area contributed by atoms with Gasteiger partial charge in [0.1, 0.15) is 11.9 Å². The highest BCUT2D eigenvalue weighted by atomic mass is 19.4. The molecule has 1 saturated heterocycles. The van der Waals surface area contributed by atoms with Crippen molar-refractivity contribution in [2.45, 2.75) is 44.0 Å². The van der Waals surface area contributed by atoms with Gasteiger partial charge >= 0.3 is 6.18 Å². The molecule has 0 N–H and O–H groups in total. The predicted molar refractivity (Wildman–Crippen MR) is 98.3 cm³/mol. The van der Waals surface area contributed by atoms with Crippen molar-refractivity contribution < 1.29 is 27.1 Å². The van der Waals surface area contributed by atoms with Gasteiger partial charge in [-0.25, -0.2) is 4.39 Å². The Morgan fingerprint density at radius 1 is 1.14 bits per heavy atom. The van der Waals surface area contributed by atoms with Crippen molar-refractivity contribution >= 4 is 5.91 Å². The predicted octanol–water partition coefficient (Wildman–Crippen LogP) is 4.98. The Morgan fingerprint density at radius 3 is 2.48 bits per heavy atom. The molecule has 0 spiro atoms. The zero-order chi connectivity index (χ0) is 20.9. The van der Waals surface area contributed by atoms with E-state index in [-0.39, 0.29) is 18.9 Å². The first-order chi connectivity index (χ1) is 13.8. The lowest BCUT2D eigenvalue weighted by Gasteiger charge is -2.35. The lowest BCUT2D eigenvalue weighted by Crippen LogP contribution is -2.35. The first-order valence-corrected chi connectivity index (χ1v) is 9.48. The molecule has 8 heteroatoms. The topological polar surface area (TPSA) is 42.4 Å². The number of carbonyl (C=O) groups is 1. The standard InChI is InChI=1S/C21H22F4N2O2/c22-17-8-6-15(7-9-17)20(29-13-3-10-21(23,24)25)19(16-4-1-11-26-14-16)27-12-2-5-18(27)28/h1,4,6-9,11,14,19-20H,2-3,5,10,12-13H2/t19?,20-/m0/s1. The Labute approximate surface area is 166 Å². The highest BCUT2D eigenvalue weighted by Gasteiger charge is 2.36. The van der Waals surface area contributed by atoms with Gasteiger partial charge in [0.2, 0.25) is 5.91 Å². The van der Waals surface area contributed by atoms with E-state index in [9.17, 15) is 22.4 Å². The molecule has 29 heavy (non-hydrogen) atoms. The van der Waals surface area contributed by atoms with Crippen molar-refractivity contribution in [2.24, 2.45) is 0 Å². The number of rotatable bonds is 8. The first kappa shape index (κ1) is 21.2. The Morgan fingerprint density at radius 2 is 1.90 bits per heavy atom. The van der Waals surface area contributed by atoms with Gasteiger partial charge in [0.25, 0.3) is 0 Å². The molecule has 1 unspecified atom stereocenters. The summed E-state index contributed by atoms with van der Waals surface area (Å²) in [6.07, 6.45) is -1.84. The summed E-state index contributed by atoms with van der Waals surface area (Å²) in [7, 11) is 0. The summed E-state index contributed by atoms with van der Waals surface area (Å²) >= 11 is 0. The molecule has 0 bridgehead atoms. The van der Waals surface area contributed by atoms with Crippen LogP contribution in [0, 0.1) is 5.82 Å². The first-order valence-electron chi connectivity index (χ1n) is 9.48. The van der Waals surface area contributed by atoms with Gasteiger partial charge < -0.3 is 9.64 Å². The highest BCUT2D eigenvalue weighted by Crippen LogP contribution is 2.39. The third-order valence-electron chi connectivity index (χ3n) is 4.86. The third kappa shape index (κ3) is 5.76. The maximum atomic E-state index is 13.4. The van der Waals surface area contributed by atoms with E-state index >= 15 is 0 Å². The molecule has 1 aromatic carbocycles. The van der Waals surface area contributed by atoms with E-state index in [1.54, 1.807) is 29.4 Å². The van der Waals surface area contributed by atoms with Gasteiger partial charge in [-0.2, -0.15) is 13.2 Å². The molecular formula is C21H22F4N2O2. The van der Waals surface area contributed by atoms with Gasteiger partial charge in [-0.3, -0.25) is 9.78 Å². The average Bonchev–Trinajstić information content (AvgIpc) is 3.10. The van der Waals surface area contributed by atoms with E-state index < -0.39 is 30.6 Å². The van der Waals surface area contributed by atoms with E-state index in [1.165, 1.54) is 24.3 Å². The summed E-state index contributed by atoms with van der Waals surface area (Å²) in [5.74, 6) is -0.482. The van der Waals surface area contributed by atoms with Crippen LogP contribution < -0.4 is 0 Å². The zero-order valence-electron chi connectivity index (χ0n) is 15.7. The molecule has 2 heterocycles. The number of likely N-dealkylation sites (tertiary alicyclic amines) is 1. The molecule has 1 amide bonds. The normalized spacial score (nSPS) is 16.8. The molecule has 156 valence electrons. The Hall–Kier alpha value is -2.48. The fraction of sp³-hybridized carbons (Fsp3) is 0.429. The van der Waals surface area contributed by atoms with Gasteiger partial charge in [-0.05, 0) is 42.2 Å². The molecule has 1 aliphatic heterocycles. The molecule has 0 aliphatic carbocycles.